The number of nitrogens with one attached hydrogen (secondary N) is 1. The third-order valence-corrected chi connectivity index (χ3v) is 5.03. The Morgan fingerprint density at radius 2 is 1.87 bits per heavy atom. The SMILES string of the molecule is COc1ccc(C)cc1OC1CC(C(=O)NC2CCCCC2)C1. The van der Waals surface area contributed by atoms with E-state index in [0.717, 1.165) is 42.7 Å². The lowest BCUT2D eigenvalue weighted by atomic mass is 9.81. The van der Waals surface area contributed by atoms with E-state index in [0.29, 0.717) is 6.04 Å². The molecule has 3 rings (SSSR count). The molecule has 1 amide bonds. The van der Waals surface area contributed by atoms with Crippen molar-refractivity contribution in [3.63, 3.8) is 0 Å². The van der Waals surface area contributed by atoms with Gasteiger partial charge >= 0.3 is 0 Å². The molecule has 23 heavy (non-hydrogen) atoms. The average molecular weight is 317 g/mol. The van der Waals surface area contributed by atoms with Crippen molar-refractivity contribution in [3.05, 3.63) is 23.8 Å². The molecule has 4 heteroatoms. The Hall–Kier alpha value is -1.71. The van der Waals surface area contributed by atoms with Crippen LogP contribution < -0.4 is 14.8 Å². The number of ether oxygens (including phenoxy) is 2. The van der Waals surface area contributed by atoms with Gasteiger partial charge in [-0.2, -0.15) is 0 Å². The van der Waals surface area contributed by atoms with Gasteiger partial charge in [-0.25, -0.2) is 0 Å². The second-order valence-corrected chi connectivity index (χ2v) is 6.91. The Bertz CT molecular complexity index is 546. The van der Waals surface area contributed by atoms with Gasteiger partial charge in [0, 0.05) is 12.0 Å². The molecule has 0 heterocycles. The molecule has 0 atom stereocenters. The van der Waals surface area contributed by atoms with Crippen molar-refractivity contribution in [2.45, 2.75) is 64.0 Å². The van der Waals surface area contributed by atoms with Crippen LogP contribution in [0.5, 0.6) is 11.5 Å². The Kier molecular flexibility index (Phi) is 5.09. The summed E-state index contributed by atoms with van der Waals surface area (Å²) < 4.78 is 11.4. The zero-order valence-corrected chi connectivity index (χ0v) is 14.1. The predicted molar refractivity (Wildman–Crippen MR) is 89.9 cm³/mol. The molecule has 0 aromatic heterocycles. The zero-order chi connectivity index (χ0) is 16.2. The number of hydrogen-bond donors (Lipinski definition) is 1. The molecule has 126 valence electrons. The van der Waals surface area contributed by atoms with E-state index in [2.05, 4.69) is 5.32 Å². The topological polar surface area (TPSA) is 47.6 Å². The fourth-order valence-electron chi connectivity index (χ4n) is 3.50. The van der Waals surface area contributed by atoms with Gasteiger partial charge in [-0.15, -0.1) is 0 Å². The minimum Gasteiger partial charge on any atom is -0.493 e. The molecule has 1 N–H and O–H groups in total. The second kappa shape index (κ2) is 7.24. The molecule has 0 radical (unpaired) electrons. The fraction of sp³-hybridized carbons (Fsp3) is 0.632. The molecule has 0 spiro atoms. The smallest absolute Gasteiger partial charge is 0.223 e. The van der Waals surface area contributed by atoms with Crippen LogP contribution in [0.2, 0.25) is 0 Å². The van der Waals surface area contributed by atoms with E-state index >= 15 is 0 Å². The molecule has 2 saturated carbocycles. The predicted octanol–water partition coefficient (Wildman–Crippen LogP) is 3.61. The maximum absolute atomic E-state index is 12.3. The number of carbonyl (C=O) groups excluding carboxylic acids is 1. The highest BCUT2D eigenvalue weighted by molar-refractivity contribution is 5.80. The van der Waals surface area contributed by atoms with E-state index in [-0.39, 0.29) is 17.9 Å². The van der Waals surface area contributed by atoms with Crippen LogP contribution in [-0.4, -0.2) is 25.2 Å². The standard InChI is InChI=1S/C19H27NO3/c1-13-8-9-17(22-2)18(10-13)23-16-11-14(12-16)19(21)20-15-6-4-3-5-7-15/h8-10,14-16H,3-7,11-12H2,1-2H3,(H,20,21). The van der Waals surface area contributed by atoms with Crippen LogP contribution in [0.15, 0.2) is 18.2 Å². The summed E-state index contributed by atoms with van der Waals surface area (Å²) in [6.07, 6.45) is 7.80. The third kappa shape index (κ3) is 3.98. The van der Waals surface area contributed by atoms with Crippen molar-refractivity contribution in [2.24, 2.45) is 5.92 Å². The van der Waals surface area contributed by atoms with E-state index in [1.165, 1.54) is 19.3 Å². The van der Waals surface area contributed by atoms with Gasteiger partial charge in [-0.3, -0.25) is 4.79 Å². The number of carbonyl (C=O) groups is 1. The summed E-state index contributed by atoms with van der Waals surface area (Å²) in [5.74, 6) is 1.86. The Labute approximate surface area is 138 Å². The van der Waals surface area contributed by atoms with Crippen molar-refractivity contribution in [1.29, 1.82) is 0 Å². The molecule has 0 saturated heterocycles. The summed E-state index contributed by atoms with van der Waals surface area (Å²) in [5, 5.41) is 3.22. The lowest BCUT2D eigenvalue weighted by molar-refractivity contribution is -0.131. The Morgan fingerprint density at radius 3 is 2.57 bits per heavy atom. The van der Waals surface area contributed by atoms with Crippen molar-refractivity contribution >= 4 is 5.91 Å². The number of hydrogen-bond acceptors (Lipinski definition) is 3. The van der Waals surface area contributed by atoms with Gasteiger partial charge in [0.25, 0.3) is 0 Å². The number of aryl methyl sites for hydroxylation is 1. The Balaban J connectivity index is 1.47. The molecule has 2 fully saturated rings. The van der Waals surface area contributed by atoms with Gasteiger partial charge in [0.05, 0.1) is 7.11 Å². The molecule has 0 unspecified atom stereocenters. The molecular weight excluding hydrogens is 290 g/mol. The molecule has 0 aliphatic heterocycles. The Morgan fingerprint density at radius 1 is 1.13 bits per heavy atom. The number of benzene rings is 1. The molecule has 4 nitrogen and oxygen atoms in total. The summed E-state index contributed by atoms with van der Waals surface area (Å²) in [7, 11) is 1.65. The number of amides is 1. The first-order valence-corrected chi connectivity index (χ1v) is 8.77. The van der Waals surface area contributed by atoms with Gasteiger partial charge in [-0.05, 0) is 50.3 Å². The monoisotopic (exact) mass is 317 g/mol. The van der Waals surface area contributed by atoms with E-state index in [4.69, 9.17) is 9.47 Å². The molecule has 2 aliphatic rings. The van der Waals surface area contributed by atoms with Crippen molar-refractivity contribution in [1.82, 2.24) is 5.32 Å². The van der Waals surface area contributed by atoms with Gasteiger partial charge in [-0.1, -0.05) is 25.3 Å². The summed E-state index contributed by atoms with van der Waals surface area (Å²) in [4.78, 5) is 12.3. The van der Waals surface area contributed by atoms with Crippen LogP contribution in [0, 0.1) is 12.8 Å². The van der Waals surface area contributed by atoms with Gasteiger partial charge in [0.15, 0.2) is 11.5 Å². The van der Waals surface area contributed by atoms with Crippen LogP contribution in [0.25, 0.3) is 0 Å². The van der Waals surface area contributed by atoms with Gasteiger partial charge in [0.1, 0.15) is 6.10 Å². The summed E-state index contributed by atoms with van der Waals surface area (Å²) >= 11 is 0. The van der Waals surface area contributed by atoms with E-state index < -0.39 is 0 Å². The van der Waals surface area contributed by atoms with Crippen LogP contribution in [0.3, 0.4) is 0 Å². The fourth-order valence-corrected chi connectivity index (χ4v) is 3.50. The summed E-state index contributed by atoms with van der Waals surface area (Å²) in [5.41, 5.74) is 1.15. The van der Waals surface area contributed by atoms with Crippen molar-refractivity contribution in [2.75, 3.05) is 7.11 Å². The summed E-state index contributed by atoms with van der Waals surface area (Å²) in [6.45, 7) is 2.04. The first-order chi connectivity index (χ1) is 11.2. The highest BCUT2D eigenvalue weighted by Gasteiger charge is 2.37. The van der Waals surface area contributed by atoms with Crippen molar-refractivity contribution < 1.29 is 14.3 Å². The highest BCUT2D eigenvalue weighted by Crippen LogP contribution is 2.36. The summed E-state index contributed by atoms with van der Waals surface area (Å²) in [6, 6.07) is 6.32. The lowest BCUT2D eigenvalue weighted by Crippen LogP contribution is -2.47. The quantitative estimate of drug-likeness (QED) is 0.902. The van der Waals surface area contributed by atoms with Crippen LogP contribution in [-0.2, 0) is 4.79 Å². The van der Waals surface area contributed by atoms with E-state index in [1.807, 2.05) is 25.1 Å². The molecule has 1 aromatic rings. The van der Waals surface area contributed by atoms with Gasteiger partial charge < -0.3 is 14.8 Å². The van der Waals surface area contributed by atoms with Crippen LogP contribution in [0.1, 0.15) is 50.5 Å². The average Bonchev–Trinajstić information content (AvgIpc) is 2.51. The molecule has 0 bridgehead atoms. The maximum Gasteiger partial charge on any atom is 0.223 e. The van der Waals surface area contributed by atoms with Crippen LogP contribution >= 0.6 is 0 Å². The first kappa shape index (κ1) is 16.2. The largest absolute Gasteiger partial charge is 0.493 e. The van der Waals surface area contributed by atoms with Crippen molar-refractivity contribution in [3.8, 4) is 11.5 Å². The normalized spacial score (nSPS) is 24.6. The first-order valence-electron chi connectivity index (χ1n) is 8.77. The lowest BCUT2D eigenvalue weighted by Gasteiger charge is -2.36. The number of rotatable bonds is 5. The van der Waals surface area contributed by atoms with Gasteiger partial charge in [0.2, 0.25) is 5.91 Å². The maximum atomic E-state index is 12.3. The zero-order valence-electron chi connectivity index (χ0n) is 14.1. The highest BCUT2D eigenvalue weighted by atomic mass is 16.5. The minimum atomic E-state index is 0.109. The number of methoxy groups -OCH3 is 1. The second-order valence-electron chi connectivity index (χ2n) is 6.91. The van der Waals surface area contributed by atoms with Crippen LogP contribution in [0.4, 0.5) is 0 Å². The third-order valence-electron chi connectivity index (χ3n) is 5.03. The minimum absolute atomic E-state index is 0.109. The molecular formula is C19H27NO3. The molecule has 1 aromatic carbocycles. The molecule has 2 aliphatic carbocycles. The van der Waals surface area contributed by atoms with E-state index in [9.17, 15) is 4.79 Å². The van der Waals surface area contributed by atoms with E-state index in [1.54, 1.807) is 7.11 Å².